The summed E-state index contributed by atoms with van der Waals surface area (Å²) in [4.78, 5) is 7.57. The van der Waals surface area contributed by atoms with Crippen LogP contribution in [-0.2, 0) is 0 Å². The van der Waals surface area contributed by atoms with E-state index < -0.39 is 0 Å². The number of fused-ring (bicyclic) bond motifs is 1. The van der Waals surface area contributed by atoms with Crippen molar-refractivity contribution in [2.45, 2.75) is 6.42 Å². The van der Waals surface area contributed by atoms with Crippen LogP contribution in [-0.4, -0.2) is 23.1 Å². The average molecular weight is 190 g/mol. The monoisotopic (exact) mass is 190 g/mol. The molecule has 0 atom stereocenters. The third-order valence-electron chi connectivity index (χ3n) is 2.06. The van der Waals surface area contributed by atoms with E-state index in [9.17, 15) is 0 Å². The zero-order valence-electron chi connectivity index (χ0n) is 7.96. The standard InChI is InChI=1S/C10H14N4/c11-6-3-7-12-10-13-8-4-1-2-5-9(8)14-10/h1-2,4-5H,3,6-7,11H2,(H2,12,13,14). The van der Waals surface area contributed by atoms with Gasteiger partial charge in [-0.2, -0.15) is 0 Å². The summed E-state index contributed by atoms with van der Waals surface area (Å²) in [5.74, 6) is 0.819. The summed E-state index contributed by atoms with van der Waals surface area (Å²) >= 11 is 0. The summed E-state index contributed by atoms with van der Waals surface area (Å²) in [6.07, 6.45) is 0.955. The first-order chi connectivity index (χ1) is 6.90. The maximum absolute atomic E-state index is 5.40. The van der Waals surface area contributed by atoms with Crippen LogP contribution in [0.15, 0.2) is 24.3 Å². The first-order valence-electron chi connectivity index (χ1n) is 4.79. The van der Waals surface area contributed by atoms with Gasteiger partial charge in [0, 0.05) is 6.54 Å². The summed E-state index contributed by atoms with van der Waals surface area (Å²) in [6.45, 7) is 1.56. The normalized spacial score (nSPS) is 10.6. The molecular weight excluding hydrogens is 176 g/mol. The highest BCUT2D eigenvalue weighted by Gasteiger charge is 1.99. The molecule has 0 saturated carbocycles. The molecule has 4 nitrogen and oxygen atoms in total. The van der Waals surface area contributed by atoms with Crippen molar-refractivity contribution in [3.63, 3.8) is 0 Å². The predicted molar refractivity (Wildman–Crippen MR) is 58.3 cm³/mol. The van der Waals surface area contributed by atoms with Crippen molar-refractivity contribution in [3.8, 4) is 0 Å². The molecular formula is C10H14N4. The molecule has 2 aromatic rings. The number of hydrogen-bond acceptors (Lipinski definition) is 3. The zero-order chi connectivity index (χ0) is 9.80. The summed E-state index contributed by atoms with van der Waals surface area (Å²) in [5, 5.41) is 3.19. The van der Waals surface area contributed by atoms with Crippen molar-refractivity contribution in [2.24, 2.45) is 5.73 Å². The first kappa shape index (κ1) is 9.02. The topological polar surface area (TPSA) is 66.7 Å². The van der Waals surface area contributed by atoms with E-state index in [4.69, 9.17) is 5.73 Å². The van der Waals surface area contributed by atoms with Crippen LogP contribution in [0.4, 0.5) is 5.95 Å². The van der Waals surface area contributed by atoms with Gasteiger partial charge in [0.2, 0.25) is 5.95 Å². The van der Waals surface area contributed by atoms with Gasteiger partial charge in [-0.1, -0.05) is 12.1 Å². The van der Waals surface area contributed by atoms with Crippen molar-refractivity contribution in [1.82, 2.24) is 9.97 Å². The van der Waals surface area contributed by atoms with E-state index in [2.05, 4.69) is 15.3 Å². The third kappa shape index (κ3) is 1.85. The number of rotatable bonds is 4. The van der Waals surface area contributed by atoms with Gasteiger partial charge in [-0.25, -0.2) is 4.98 Å². The van der Waals surface area contributed by atoms with Crippen LogP contribution in [0.1, 0.15) is 6.42 Å². The Hall–Kier alpha value is -1.55. The molecule has 1 heterocycles. The van der Waals surface area contributed by atoms with Gasteiger partial charge in [-0.3, -0.25) is 0 Å². The summed E-state index contributed by atoms with van der Waals surface area (Å²) < 4.78 is 0. The maximum Gasteiger partial charge on any atom is 0.201 e. The maximum atomic E-state index is 5.40. The molecule has 0 aliphatic heterocycles. The minimum absolute atomic E-state index is 0.702. The molecule has 0 fully saturated rings. The Kier molecular flexibility index (Phi) is 2.65. The number of aromatic amines is 1. The number of anilines is 1. The van der Waals surface area contributed by atoms with Crippen molar-refractivity contribution in [1.29, 1.82) is 0 Å². The van der Waals surface area contributed by atoms with Crippen LogP contribution in [0.25, 0.3) is 11.0 Å². The lowest BCUT2D eigenvalue weighted by molar-refractivity contribution is 0.867. The average Bonchev–Trinajstić information content (AvgIpc) is 2.60. The van der Waals surface area contributed by atoms with Gasteiger partial charge in [-0.15, -0.1) is 0 Å². The molecule has 0 spiro atoms. The second kappa shape index (κ2) is 4.11. The number of para-hydroxylation sites is 2. The Labute approximate surface area is 82.5 Å². The quantitative estimate of drug-likeness (QED) is 0.637. The van der Waals surface area contributed by atoms with Crippen molar-refractivity contribution in [3.05, 3.63) is 24.3 Å². The molecule has 1 aromatic carbocycles. The Morgan fingerprint density at radius 3 is 3.00 bits per heavy atom. The highest BCUT2D eigenvalue weighted by Crippen LogP contribution is 2.12. The molecule has 2 rings (SSSR count). The highest BCUT2D eigenvalue weighted by molar-refractivity contribution is 5.77. The van der Waals surface area contributed by atoms with E-state index in [-0.39, 0.29) is 0 Å². The fourth-order valence-electron chi connectivity index (χ4n) is 1.35. The second-order valence-electron chi connectivity index (χ2n) is 3.17. The van der Waals surface area contributed by atoms with Gasteiger partial charge >= 0.3 is 0 Å². The van der Waals surface area contributed by atoms with Crippen LogP contribution in [0, 0.1) is 0 Å². The fraction of sp³-hybridized carbons (Fsp3) is 0.300. The summed E-state index contributed by atoms with van der Waals surface area (Å²) in [5.41, 5.74) is 7.44. The molecule has 1 aromatic heterocycles. The highest BCUT2D eigenvalue weighted by atomic mass is 15.1. The number of benzene rings is 1. The molecule has 0 unspecified atom stereocenters. The van der Waals surface area contributed by atoms with Crippen LogP contribution in [0.3, 0.4) is 0 Å². The molecule has 0 aliphatic rings. The summed E-state index contributed by atoms with van der Waals surface area (Å²) in [6, 6.07) is 7.97. The molecule has 74 valence electrons. The smallest absolute Gasteiger partial charge is 0.201 e. The third-order valence-corrected chi connectivity index (χ3v) is 2.06. The van der Waals surface area contributed by atoms with E-state index in [0.717, 1.165) is 29.9 Å². The van der Waals surface area contributed by atoms with Gasteiger partial charge in [0.05, 0.1) is 11.0 Å². The van der Waals surface area contributed by atoms with E-state index in [0.29, 0.717) is 6.54 Å². The molecule has 14 heavy (non-hydrogen) atoms. The molecule has 0 saturated heterocycles. The van der Waals surface area contributed by atoms with Gasteiger partial charge in [0.1, 0.15) is 0 Å². The van der Waals surface area contributed by atoms with E-state index >= 15 is 0 Å². The second-order valence-corrected chi connectivity index (χ2v) is 3.17. The molecule has 0 aliphatic carbocycles. The van der Waals surface area contributed by atoms with Crippen molar-refractivity contribution in [2.75, 3.05) is 18.4 Å². The Morgan fingerprint density at radius 2 is 2.21 bits per heavy atom. The van der Waals surface area contributed by atoms with E-state index in [1.54, 1.807) is 0 Å². The van der Waals surface area contributed by atoms with Crippen LogP contribution in [0.2, 0.25) is 0 Å². The molecule has 0 amide bonds. The largest absolute Gasteiger partial charge is 0.356 e. The van der Waals surface area contributed by atoms with Gasteiger partial charge in [0.15, 0.2) is 0 Å². The lowest BCUT2D eigenvalue weighted by Crippen LogP contribution is -2.09. The van der Waals surface area contributed by atoms with Gasteiger partial charge in [-0.05, 0) is 25.1 Å². The zero-order valence-corrected chi connectivity index (χ0v) is 7.96. The number of nitrogens with one attached hydrogen (secondary N) is 2. The number of imidazole rings is 1. The fourth-order valence-corrected chi connectivity index (χ4v) is 1.35. The molecule has 4 N–H and O–H groups in total. The van der Waals surface area contributed by atoms with Gasteiger partial charge in [0.25, 0.3) is 0 Å². The van der Waals surface area contributed by atoms with Crippen LogP contribution >= 0.6 is 0 Å². The van der Waals surface area contributed by atoms with Crippen LogP contribution < -0.4 is 11.1 Å². The molecule has 4 heteroatoms. The van der Waals surface area contributed by atoms with Crippen molar-refractivity contribution < 1.29 is 0 Å². The summed E-state index contributed by atoms with van der Waals surface area (Å²) in [7, 11) is 0. The molecule has 0 radical (unpaired) electrons. The SMILES string of the molecule is NCCCNc1nc2ccccc2[nH]1. The number of hydrogen-bond donors (Lipinski definition) is 3. The Bertz CT molecular complexity index is 374. The predicted octanol–water partition coefficient (Wildman–Crippen LogP) is 1.32. The number of nitrogens with zero attached hydrogens (tertiary/aromatic N) is 1. The number of aromatic nitrogens is 2. The Morgan fingerprint density at radius 1 is 1.36 bits per heavy atom. The minimum atomic E-state index is 0.702. The van der Waals surface area contributed by atoms with E-state index in [1.807, 2.05) is 24.3 Å². The van der Waals surface area contributed by atoms with Crippen LogP contribution in [0.5, 0.6) is 0 Å². The minimum Gasteiger partial charge on any atom is -0.356 e. The van der Waals surface area contributed by atoms with Crippen molar-refractivity contribution >= 4 is 17.0 Å². The lowest BCUT2D eigenvalue weighted by atomic mass is 10.3. The number of H-pyrrole nitrogens is 1. The number of nitrogens with two attached hydrogens (primary N) is 1. The van der Waals surface area contributed by atoms with Gasteiger partial charge < -0.3 is 16.0 Å². The Balaban J connectivity index is 2.11. The molecule has 0 bridgehead atoms. The first-order valence-corrected chi connectivity index (χ1v) is 4.79. The lowest BCUT2D eigenvalue weighted by Gasteiger charge is -1.98. The van der Waals surface area contributed by atoms with E-state index in [1.165, 1.54) is 0 Å².